The highest BCUT2D eigenvalue weighted by molar-refractivity contribution is 5.71. The van der Waals surface area contributed by atoms with Crippen LogP contribution in [-0.4, -0.2) is 87.4 Å². The molecule has 2 unspecified atom stereocenters. The summed E-state index contributed by atoms with van der Waals surface area (Å²) in [6.07, 6.45) is 69.6. The molecule has 0 rings (SSSR count). The number of unbranched alkanes of at least 4 members (excludes halogenated alkanes) is 40. The Kier molecular flexibility index (Phi) is 56.7. The topological polar surface area (TPSA) is 108 Å². The van der Waals surface area contributed by atoms with Crippen LogP contribution in [-0.2, 0) is 33.3 Å². The molecule has 0 saturated heterocycles. The van der Waals surface area contributed by atoms with Crippen molar-refractivity contribution in [2.24, 2.45) is 0 Å². The van der Waals surface area contributed by atoms with Crippen molar-refractivity contribution in [2.45, 2.75) is 328 Å². The van der Waals surface area contributed by atoms with E-state index >= 15 is 0 Å². The zero-order valence-electron chi connectivity index (χ0n) is 50.9. The van der Waals surface area contributed by atoms with Gasteiger partial charge in [-0.15, -0.1) is 0 Å². The molecule has 0 aliphatic heterocycles. The number of hydrogen-bond acceptors (Lipinski definition) is 7. The Morgan fingerprint density at radius 3 is 1.05 bits per heavy atom. The molecule has 0 aliphatic rings. The van der Waals surface area contributed by atoms with Crippen molar-refractivity contribution < 1.29 is 42.9 Å². The van der Waals surface area contributed by atoms with Crippen LogP contribution in [0.2, 0.25) is 0 Å². The molecule has 9 nitrogen and oxygen atoms in total. The minimum atomic E-state index is -1.51. The Labute approximate surface area is 470 Å². The molecule has 0 heterocycles. The van der Waals surface area contributed by atoms with Gasteiger partial charge in [-0.05, 0) is 70.6 Å². The van der Waals surface area contributed by atoms with Crippen LogP contribution in [0.5, 0.6) is 0 Å². The van der Waals surface area contributed by atoms with Crippen LogP contribution in [0.25, 0.3) is 0 Å². The van der Waals surface area contributed by atoms with Gasteiger partial charge in [0.1, 0.15) is 13.2 Å². The number of ether oxygens (including phenoxy) is 4. The number of quaternary nitrogens is 1. The number of carboxylic acid groups (broad SMARTS) is 1. The first-order chi connectivity index (χ1) is 37.1. The van der Waals surface area contributed by atoms with E-state index in [1.807, 2.05) is 21.1 Å². The van der Waals surface area contributed by atoms with Gasteiger partial charge < -0.3 is 28.5 Å². The maximum absolute atomic E-state index is 12.9. The molecule has 0 fully saturated rings. The molecule has 0 bridgehead atoms. The zero-order chi connectivity index (χ0) is 55.5. The third-order valence-corrected chi connectivity index (χ3v) is 14.6. The van der Waals surface area contributed by atoms with Crippen molar-refractivity contribution in [2.75, 3.05) is 47.5 Å². The summed E-state index contributed by atoms with van der Waals surface area (Å²) in [4.78, 5) is 37.5. The van der Waals surface area contributed by atoms with E-state index in [9.17, 15) is 19.5 Å². The lowest BCUT2D eigenvalue weighted by Crippen LogP contribution is -2.40. The molecule has 0 amide bonds. The summed E-state index contributed by atoms with van der Waals surface area (Å²) >= 11 is 0. The molecule has 0 aliphatic carbocycles. The average molecular weight is 1070 g/mol. The Morgan fingerprint density at radius 2 is 0.711 bits per heavy atom. The highest BCUT2D eigenvalue weighted by Crippen LogP contribution is 2.18. The number of esters is 2. The van der Waals surface area contributed by atoms with E-state index in [0.29, 0.717) is 17.4 Å². The normalized spacial score (nSPS) is 12.9. The number of allylic oxidation sites excluding steroid dienone is 6. The summed E-state index contributed by atoms with van der Waals surface area (Å²) in [7, 11) is 5.98. The predicted octanol–water partition coefficient (Wildman–Crippen LogP) is 19.6. The molecule has 0 aromatic carbocycles. The molecule has 1 N–H and O–H groups in total. The monoisotopic (exact) mass is 1070 g/mol. The van der Waals surface area contributed by atoms with Gasteiger partial charge in [0.25, 0.3) is 6.29 Å². The lowest BCUT2D eigenvalue weighted by atomic mass is 10.0. The molecule has 2 atom stereocenters. The molecule has 9 heteroatoms. The summed E-state index contributed by atoms with van der Waals surface area (Å²) < 4.78 is 22.9. The second kappa shape index (κ2) is 58.7. The molecular weight excluding hydrogens is 947 g/mol. The predicted molar refractivity (Wildman–Crippen MR) is 323 cm³/mol. The van der Waals surface area contributed by atoms with Gasteiger partial charge in [-0.25, -0.2) is 4.79 Å². The first-order valence-corrected chi connectivity index (χ1v) is 32.7. The minimum Gasteiger partial charge on any atom is -0.477 e. The second-order valence-electron chi connectivity index (χ2n) is 23.4. The number of nitrogens with zero attached hydrogens (tertiary/aromatic N) is 1. The average Bonchev–Trinajstić information content (AvgIpc) is 3.39. The number of carbonyl (C=O) groups excluding carboxylic acids is 2. The van der Waals surface area contributed by atoms with Crippen molar-refractivity contribution in [3.63, 3.8) is 0 Å². The van der Waals surface area contributed by atoms with Crippen molar-refractivity contribution in [3.05, 3.63) is 36.5 Å². The number of hydrogen-bond donors (Lipinski definition) is 1. The van der Waals surface area contributed by atoms with E-state index in [-0.39, 0.29) is 38.2 Å². The summed E-state index contributed by atoms with van der Waals surface area (Å²) in [5.41, 5.74) is 0. The van der Waals surface area contributed by atoms with Gasteiger partial charge in [0.05, 0.1) is 34.4 Å². The Balaban J connectivity index is 4.07. The molecule has 0 aromatic rings. The van der Waals surface area contributed by atoms with Crippen LogP contribution in [0.1, 0.15) is 316 Å². The smallest absolute Gasteiger partial charge is 0.361 e. The van der Waals surface area contributed by atoms with Crippen molar-refractivity contribution in [1.82, 2.24) is 0 Å². The van der Waals surface area contributed by atoms with Crippen LogP contribution in [0.4, 0.5) is 0 Å². The zero-order valence-corrected chi connectivity index (χ0v) is 50.9. The van der Waals surface area contributed by atoms with E-state index in [1.54, 1.807) is 0 Å². The van der Waals surface area contributed by atoms with Gasteiger partial charge in [0, 0.05) is 12.8 Å². The van der Waals surface area contributed by atoms with E-state index in [0.717, 1.165) is 44.9 Å². The van der Waals surface area contributed by atoms with Crippen LogP contribution in [0.3, 0.4) is 0 Å². The van der Waals surface area contributed by atoms with Gasteiger partial charge in [0.2, 0.25) is 0 Å². The van der Waals surface area contributed by atoms with Crippen LogP contribution < -0.4 is 0 Å². The number of aliphatic carboxylic acids is 1. The fourth-order valence-electron chi connectivity index (χ4n) is 9.57. The molecule has 446 valence electrons. The van der Waals surface area contributed by atoms with Crippen LogP contribution in [0.15, 0.2) is 36.5 Å². The lowest BCUT2D eigenvalue weighted by Gasteiger charge is -2.25. The third-order valence-electron chi connectivity index (χ3n) is 14.6. The highest BCUT2D eigenvalue weighted by atomic mass is 16.7. The molecule has 0 radical (unpaired) electrons. The summed E-state index contributed by atoms with van der Waals surface area (Å²) in [5.74, 6) is -1.99. The summed E-state index contributed by atoms with van der Waals surface area (Å²) in [5, 5.41) is 9.72. The van der Waals surface area contributed by atoms with E-state index < -0.39 is 18.4 Å². The van der Waals surface area contributed by atoms with E-state index in [4.69, 9.17) is 18.9 Å². The third kappa shape index (κ3) is 59.2. The fraction of sp³-hybridized carbons (Fsp3) is 0.866. The first-order valence-electron chi connectivity index (χ1n) is 32.7. The van der Waals surface area contributed by atoms with Gasteiger partial charge in [-0.1, -0.05) is 269 Å². The maximum atomic E-state index is 12.9. The van der Waals surface area contributed by atoms with E-state index in [2.05, 4.69) is 50.3 Å². The number of carboxylic acids is 1. The number of rotatable bonds is 61. The Bertz CT molecular complexity index is 1340. The number of carbonyl (C=O) groups is 3. The minimum absolute atomic E-state index is 0.180. The molecule has 0 aromatic heterocycles. The van der Waals surface area contributed by atoms with Gasteiger partial charge >= 0.3 is 17.9 Å². The maximum Gasteiger partial charge on any atom is 0.361 e. The highest BCUT2D eigenvalue weighted by Gasteiger charge is 2.25. The van der Waals surface area contributed by atoms with Crippen molar-refractivity contribution in [1.29, 1.82) is 0 Å². The summed E-state index contributed by atoms with van der Waals surface area (Å²) in [6.45, 7) is 4.91. The van der Waals surface area contributed by atoms with Crippen LogP contribution >= 0.6 is 0 Å². The van der Waals surface area contributed by atoms with Gasteiger partial charge in [0.15, 0.2) is 6.10 Å². The van der Waals surface area contributed by atoms with Crippen LogP contribution in [0, 0.1) is 0 Å². The molecule has 0 spiro atoms. The standard InChI is InChI=1S/C67H125NO8/c1-6-8-10-12-14-16-18-20-22-24-26-27-28-29-30-31-32-33-34-35-36-37-38-39-40-42-44-46-48-50-52-54-56-58-65(70)76-63(62-75-67(66(71)72)73-60-59-68(3,4)5)61-74-64(69)57-55-53-51-49-47-45-43-41-25-23-21-19-17-15-13-11-9-7-2/h18,20,23-26,63,67H,6-17,19,21-22,27-62H2,1-5H3/p+1/b20-18-,25-23-,26-24-. The second-order valence-corrected chi connectivity index (χ2v) is 23.4. The fourth-order valence-corrected chi connectivity index (χ4v) is 9.57. The SMILES string of the molecule is CCCCCCC/C=C\C/C=C\CCCCCCCCCCCCCCCCCCCCCCCC(=O)OC(COC(=O)CCCCCCCCC/C=C\CCCCCCCCC)COC(OCC[N+](C)(C)C)C(=O)O. The van der Waals surface area contributed by atoms with E-state index in [1.165, 1.54) is 244 Å². The van der Waals surface area contributed by atoms with Crippen molar-refractivity contribution in [3.8, 4) is 0 Å². The quantitative estimate of drug-likeness (QED) is 0.0211. The lowest BCUT2D eigenvalue weighted by molar-refractivity contribution is -0.870. The van der Waals surface area contributed by atoms with Gasteiger partial charge in [-0.3, -0.25) is 9.59 Å². The number of likely N-dealkylation sites (N-methyl/N-ethyl adjacent to an activating group) is 1. The molecular formula is C67H126NO8+. The molecule has 0 saturated carbocycles. The summed E-state index contributed by atoms with van der Waals surface area (Å²) in [6, 6.07) is 0. The van der Waals surface area contributed by atoms with Crippen molar-refractivity contribution >= 4 is 17.9 Å². The van der Waals surface area contributed by atoms with Gasteiger partial charge in [-0.2, -0.15) is 0 Å². The Morgan fingerprint density at radius 1 is 0.395 bits per heavy atom. The largest absolute Gasteiger partial charge is 0.477 e. The molecule has 76 heavy (non-hydrogen) atoms. The first kappa shape index (κ1) is 73.5. The Hall–Kier alpha value is -2.49.